The van der Waals surface area contributed by atoms with Gasteiger partial charge < -0.3 is 13.7 Å². The van der Waals surface area contributed by atoms with Crippen LogP contribution in [-0.2, 0) is 23.8 Å². The molecule has 0 aliphatic carbocycles. The molecule has 88 valence electrons. The summed E-state index contributed by atoms with van der Waals surface area (Å²) in [4.78, 5) is 10.5. The summed E-state index contributed by atoms with van der Waals surface area (Å²) >= 11 is 0. The molecule has 0 amide bonds. The van der Waals surface area contributed by atoms with Crippen LogP contribution >= 0.6 is 0 Å². The molecule has 6 nitrogen and oxygen atoms in total. The highest BCUT2D eigenvalue weighted by Crippen LogP contribution is 2.07. The molecule has 0 aromatic heterocycles. The van der Waals surface area contributed by atoms with E-state index >= 15 is 0 Å². The first-order chi connectivity index (χ1) is 6.90. The zero-order valence-corrected chi connectivity index (χ0v) is 8.21. The Kier molecular flexibility index (Phi) is 5.60. The molecule has 0 saturated heterocycles. The Balaban J connectivity index is 3.89. The standard InChI is InChI=1S/C6H8F2O6S/c1-2-12-3-4-13-6(9)14-15(10,11)5(7)8/h2,5H,1,3-4H2. The molecular formula is C6H8F2O6S. The molecule has 0 N–H and O–H groups in total. The molecule has 0 unspecified atom stereocenters. The molecule has 0 bridgehead atoms. The van der Waals surface area contributed by atoms with E-state index in [0.29, 0.717) is 0 Å². The van der Waals surface area contributed by atoms with Gasteiger partial charge in [0.2, 0.25) is 0 Å². The minimum absolute atomic E-state index is 0.0900. The minimum atomic E-state index is -5.21. The van der Waals surface area contributed by atoms with Gasteiger partial charge in [-0.2, -0.15) is 17.2 Å². The molecule has 0 heterocycles. The van der Waals surface area contributed by atoms with Gasteiger partial charge in [-0.1, -0.05) is 6.58 Å². The Morgan fingerprint density at radius 3 is 2.47 bits per heavy atom. The maximum absolute atomic E-state index is 11.7. The zero-order valence-electron chi connectivity index (χ0n) is 7.39. The van der Waals surface area contributed by atoms with Gasteiger partial charge in [-0.3, -0.25) is 0 Å². The monoisotopic (exact) mass is 246 g/mol. The van der Waals surface area contributed by atoms with Crippen molar-refractivity contribution in [3.05, 3.63) is 12.8 Å². The quantitative estimate of drug-likeness (QED) is 0.299. The molecule has 0 aromatic rings. The first-order valence-corrected chi connectivity index (χ1v) is 4.98. The number of carbonyl (C=O) groups excluding carboxylic acids is 1. The van der Waals surface area contributed by atoms with Crippen molar-refractivity contribution in [1.82, 2.24) is 0 Å². The Labute approximate surface area is 84.5 Å². The van der Waals surface area contributed by atoms with Crippen molar-refractivity contribution < 1.29 is 35.6 Å². The normalized spacial score (nSPS) is 10.9. The summed E-state index contributed by atoms with van der Waals surface area (Å²) in [7, 11) is -5.21. The number of alkyl halides is 2. The summed E-state index contributed by atoms with van der Waals surface area (Å²) in [6, 6.07) is 0. The van der Waals surface area contributed by atoms with Crippen molar-refractivity contribution >= 4 is 16.3 Å². The van der Waals surface area contributed by atoms with Crippen LogP contribution in [-0.4, -0.2) is 33.5 Å². The Bertz CT molecular complexity index is 312. The van der Waals surface area contributed by atoms with Crippen molar-refractivity contribution in [2.24, 2.45) is 0 Å². The van der Waals surface area contributed by atoms with Crippen LogP contribution in [0.1, 0.15) is 0 Å². The van der Waals surface area contributed by atoms with Crippen molar-refractivity contribution in [2.45, 2.75) is 5.76 Å². The molecular weight excluding hydrogens is 238 g/mol. The van der Waals surface area contributed by atoms with Gasteiger partial charge in [0.05, 0.1) is 6.26 Å². The molecule has 0 aromatic carbocycles. The smallest absolute Gasteiger partial charge is 0.498 e. The maximum Gasteiger partial charge on any atom is 0.524 e. The fourth-order valence-electron chi connectivity index (χ4n) is 0.412. The highest BCUT2D eigenvalue weighted by atomic mass is 32.2. The van der Waals surface area contributed by atoms with E-state index < -0.39 is 22.0 Å². The van der Waals surface area contributed by atoms with E-state index in [-0.39, 0.29) is 13.2 Å². The first kappa shape index (κ1) is 13.6. The summed E-state index contributed by atoms with van der Waals surface area (Å²) in [5.74, 6) is -3.80. The van der Waals surface area contributed by atoms with Crippen molar-refractivity contribution in [3.8, 4) is 0 Å². The van der Waals surface area contributed by atoms with Gasteiger partial charge in [0.25, 0.3) is 0 Å². The Morgan fingerprint density at radius 1 is 1.40 bits per heavy atom. The maximum atomic E-state index is 11.7. The lowest BCUT2D eigenvalue weighted by molar-refractivity contribution is 0.0751. The third-order valence-corrected chi connectivity index (χ3v) is 1.75. The molecule has 0 spiro atoms. The molecule has 0 aliphatic rings. The first-order valence-electron chi connectivity index (χ1n) is 3.51. The molecule has 0 atom stereocenters. The van der Waals surface area contributed by atoms with Crippen LogP contribution in [0.4, 0.5) is 13.6 Å². The lowest BCUT2D eigenvalue weighted by Crippen LogP contribution is -2.21. The molecule has 0 radical (unpaired) electrons. The summed E-state index contributed by atoms with van der Waals surface area (Å²) < 4.78 is 55.9. The van der Waals surface area contributed by atoms with Crippen molar-refractivity contribution in [1.29, 1.82) is 0 Å². The molecule has 0 rings (SSSR count). The average molecular weight is 246 g/mol. The van der Waals surface area contributed by atoms with Gasteiger partial charge in [-0.15, -0.1) is 0 Å². The SMILES string of the molecule is C=COCCOC(=O)OS(=O)(=O)C(F)F. The number of rotatable bonds is 6. The minimum Gasteiger partial charge on any atom is -0.498 e. The van der Waals surface area contributed by atoms with Gasteiger partial charge >= 0.3 is 22.0 Å². The van der Waals surface area contributed by atoms with Crippen LogP contribution in [0.25, 0.3) is 0 Å². The number of hydrogen-bond donors (Lipinski definition) is 0. The number of hydrogen-bond acceptors (Lipinski definition) is 6. The average Bonchev–Trinajstić information content (AvgIpc) is 2.11. The fourth-order valence-corrected chi connectivity index (χ4v) is 0.722. The van der Waals surface area contributed by atoms with Crippen LogP contribution < -0.4 is 0 Å². The van der Waals surface area contributed by atoms with E-state index in [9.17, 15) is 22.0 Å². The summed E-state index contributed by atoms with van der Waals surface area (Å²) in [5, 5.41) is 0. The topological polar surface area (TPSA) is 78.9 Å². The predicted molar refractivity (Wildman–Crippen MR) is 43.5 cm³/mol. The lowest BCUT2D eigenvalue weighted by atomic mass is 10.8. The van der Waals surface area contributed by atoms with Crippen LogP contribution in [0.15, 0.2) is 12.8 Å². The van der Waals surface area contributed by atoms with E-state index in [1.807, 2.05) is 0 Å². The van der Waals surface area contributed by atoms with Gasteiger partial charge in [0, 0.05) is 0 Å². The van der Waals surface area contributed by atoms with E-state index in [2.05, 4.69) is 20.2 Å². The second-order valence-corrected chi connectivity index (χ2v) is 3.48. The fraction of sp³-hybridized carbons (Fsp3) is 0.500. The third-order valence-electron chi connectivity index (χ3n) is 0.941. The highest BCUT2D eigenvalue weighted by molar-refractivity contribution is 7.87. The molecule has 15 heavy (non-hydrogen) atoms. The van der Waals surface area contributed by atoms with Gasteiger partial charge in [-0.25, -0.2) is 4.79 Å². The van der Waals surface area contributed by atoms with E-state index in [4.69, 9.17) is 0 Å². The van der Waals surface area contributed by atoms with Crippen molar-refractivity contribution in [2.75, 3.05) is 13.2 Å². The van der Waals surface area contributed by atoms with E-state index in [0.717, 1.165) is 6.26 Å². The molecule has 9 heteroatoms. The highest BCUT2D eigenvalue weighted by Gasteiger charge is 2.29. The largest absolute Gasteiger partial charge is 0.524 e. The Morgan fingerprint density at radius 2 is 2.00 bits per heavy atom. The molecule has 0 saturated carbocycles. The number of carbonyl (C=O) groups is 1. The summed E-state index contributed by atoms with van der Waals surface area (Å²) in [6.07, 6.45) is -0.673. The summed E-state index contributed by atoms with van der Waals surface area (Å²) in [5.41, 5.74) is 0. The number of ether oxygens (including phenoxy) is 2. The second kappa shape index (κ2) is 6.17. The van der Waals surface area contributed by atoms with Crippen LogP contribution in [0.3, 0.4) is 0 Å². The van der Waals surface area contributed by atoms with Gasteiger partial charge in [0.1, 0.15) is 13.2 Å². The summed E-state index contributed by atoms with van der Waals surface area (Å²) in [6.45, 7) is 2.74. The van der Waals surface area contributed by atoms with E-state index in [1.54, 1.807) is 0 Å². The lowest BCUT2D eigenvalue weighted by Gasteiger charge is -2.05. The molecule has 0 fully saturated rings. The van der Waals surface area contributed by atoms with Gasteiger partial charge in [0.15, 0.2) is 0 Å². The zero-order chi connectivity index (χ0) is 11.9. The third kappa shape index (κ3) is 5.83. The molecule has 0 aliphatic heterocycles. The van der Waals surface area contributed by atoms with Crippen LogP contribution in [0.5, 0.6) is 0 Å². The van der Waals surface area contributed by atoms with Crippen LogP contribution in [0, 0.1) is 0 Å². The van der Waals surface area contributed by atoms with Gasteiger partial charge in [-0.05, 0) is 0 Å². The number of halogens is 2. The predicted octanol–water partition coefficient (Wildman–Crippen LogP) is 0.852. The Hall–Kier alpha value is -1.38. The van der Waals surface area contributed by atoms with Crippen LogP contribution in [0.2, 0.25) is 0 Å². The second-order valence-electron chi connectivity index (χ2n) is 1.97. The van der Waals surface area contributed by atoms with E-state index in [1.165, 1.54) is 0 Å². The van der Waals surface area contributed by atoms with Crippen molar-refractivity contribution in [3.63, 3.8) is 0 Å².